The Morgan fingerprint density at radius 2 is 2.06 bits per heavy atom. The van der Waals surface area contributed by atoms with Crippen molar-refractivity contribution in [2.24, 2.45) is 17.8 Å². The lowest BCUT2D eigenvalue weighted by molar-refractivity contribution is 0.231. The Labute approximate surface area is 98.6 Å². The third-order valence-electron chi connectivity index (χ3n) is 3.56. The molecule has 94 valence electrons. The van der Waals surface area contributed by atoms with Crippen molar-refractivity contribution in [3.05, 3.63) is 0 Å². The topological polar surface area (TPSA) is 53.2 Å². The van der Waals surface area contributed by atoms with Crippen molar-refractivity contribution in [3.8, 4) is 0 Å². The van der Waals surface area contributed by atoms with Crippen LogP contribution in [0.3, 0.4) is 0 Å². The van der Waals surface area contributed by atoms with Crippen molar-refractivity contribution in [1.82, 2.24) is 16.0 Å². The zero-order chi connectivity index (χ0) is 12.1. The van der Waals surface area contributed by atoms with Crippen molar-refractivity contribution in [3.63, 3.8) is 0 Å². The smallest absolute Gasteiger partial charge is 0.315 e. The average molecular weight is 227 g/mol. The lowest BCUT2D eigenvalue weighted by Gasteiger charge is -2.20. The molecule has 1 rings (SSSR count). The molecule has 0 bridgehead atoms. The number of carbonyl (C=O) groups excluding carboxylic acids is 1. The van der Waals surface area contributed by atoms with Crippen molar-refractivity contribution < 1.29 is 4.79 Å². The van der Waals surface area contributed by atoms with Gasteiger partial charge in [-0.1, -0.05) is 20.8 Å². The lowest BCUT2D eigenvalue weighted by Crippen LogP contribution is -2.45. The van der Waals surface area contributed by atoms with Crippen LogP contribution in [0.25, 0.3) is 0 Å². The zero-order valence-corrected chi connectivity index (χ0v) is 10.8. The Kier molecular flexibility index (Phi) is 5.06. The van der Waals surface area contributed by atoms with Gasteiger partial charge in [0.1, 0.15) is 0 Å². The van der Waals surface area contributed by atoms with E-state index in [0.29, 0.717) is 17.8 Å². The maximum Gasteiger partial charge on any atom is 0.315 e. The molecule has 1 fully saturated rings. The average Bonchev–Trinajstić information content (AvgIpc) is 2.61. The monoisotopic (exact) mass is 227 g/mol. The molecule has 0 saturated carbocycles. The molecule has 1 saturated heterocycles. The molecular weight excluding hydrogens is 202 g/mol. The Bertz CT molecular complexity index is 230. The van der Waals surface area contributed by atoms with Gasteiger partial charge in [0.2, 0.25) is 0 Å². The van der Waals surface area contributed by atoms with Gasteiger partial charge in [0.05, 0.1) is 0 Å². The van der Waals surface area contributed by atoms with Gasteiger partial charge in [0.15, 0.2) is 0 Å². The van der Waals surface area contributed by atoms with Gasteiger partial charge in [-0.25, -0.2) is 4.79 Å². The predicted octanol–water partition coefficient (Wildman–Crippen LogP) is 1.19. The molecule has 0 aliphatic carbocycles. The van der Waals surface area contributed by atoms with E-state index in [9.17, 15) is 4.79 Å². The summed E-state index contributed by atoms with van der Waals surface area (Å²) in [6.07, 6.45) is 0. The Morgan fingerprint density at radius 3 is 2.56 bits per heavy atom. The largest absolute Gasteiger partial charge is 0.338 e. The molecule has 0 radical (unpaired) electrons. The summed E-state index contributed by atoms with van der Waals surface area (Å²) < 4.78 is 0. The molecule has 0 aromatic carbocycles. The molecule has 0 aromatic heterocycles. The van der Waals surface area contributed by atoms with E-state index >= 15 is 0 Å². The standard InChI is InChI=1S/C12H25N3O/c1-8(2)10(4)15-12(16)14-7-11-6-13-5-9(11)3/h8-11,13H,5-7H2,1-4H3,(H2,14,15,16)/t9-,10?,11+/m1/s1. The van der Waals surface area contributed by atoms with Gasteiger partial charge in [-0.05, 0) is 37.8 Å². The van der Waals surface area contributed by atoms with E-state index in [1.54, 1.807) is 0 Å². The molecule has 1 unspecified atom stereocenters. The van der Waals surface area contributed by atoms with Crippen LogP contribution >= 0.6 is 0 Å². The molecule has 1 heterocycles. The predicted molar refractivity (Wildman–Crippen MR) is 66.4 cm³/mol. The van der Waals surface area contributed by atoms with Gasteiger partial charge in [-0.2, -0.15) is 0 Å². The molecule has 0 spiro atoms. The summed E-state index contributed by atoms with van der Waals surface area (Å²) in [6, 6.07) is 0.180. The molecule has 1 aliphatic rings. The number of nitrogens with one attached hydrogen (secondary N) is 3. The van der Waals surface area contributed by atoms with E-state index in [4.69, 9.17) is 0 Å². The van der Waals surface area contributed by atoms with Gasteiger partial charge in [-0.3, -0.25) is 0 Å². The molecule has 16 heavy (non-hydrogen) atoms. The van der Waals surface area contributed by atoms with Crippen LogP contribution in [0, 0.1) is 17.8 Å². The number of urea groups is 1. The highest BCUT2D eigenvalue weighted by molar-refractivity contribution is 5.74. The fourth-order valence-electron chi connectivity index (χ4n) is 1.79. The van der Waals surface area contributed by atoms with Crippen LogP contribution in [0.15, 0.2) is 0 Å². The number of hydrogen-bond donors (Lipinski definition) is 3. The van der Waals surface area contributed by atoms with Crippen molar-refractivity contribution in [1.29, 1.82) is 0 Å². The van der Waals surface area contributed by atoms with E-state index in [0.717, 1.165) is 19.6 Å². The first-order valence-electron chi connectivity index (χ1n) is 6.25. The van der Waals surface area contributed by atoms with Gasteiger partial charge < -0.3 is 16.0 Å². The zero-order valence-electron chi connectivity index (χ0n) is 10.8. The molecule has 3 atom stereocenters. The highest BCUT2D eigenvalue weighted by atomic mass is 16.2. The number of hydrogen-bond acceptors (Lipinski definition) is 2. The summed E-state index contributed by atoms with van der Waals surface area (Å²) in [5.41, 5.74) is 0. The maximum absolute atomic E-state index is 11.6. The van der Waals surface area contributed by atoms with Crippen LogP contribution in [-0.4, -0.2) is 31.7 Å². The molecule has 4 nitrogen and oxygen atoms in total. The Hall–Kier alpha value is -0.770. The minimum Gasteiger partial charge on any atom is -0.338 e. The minimum atomic E-state index is -0.0414. The van der Waals surface area contributed by atoms with Crippen LogP contribution in [0.5, 0.6) is 0 Å². The Balaban J connectivity index is 2.19. The summed E-state index contributed by atoms with van der Waals surface area (Å²) in [5.74, 6) is 1.70. The third kappa shape index (κ3) is 4.00. The quantitative estimate of drug-likeness (QED) is 0.675. The van der Waals surface area contributed by atoms with Crippen LogP contribution in [0.4, 0.5) is 4.79 Å². The van der Waals surface area contributed by atoms with Gasteiger partial charge in [0, 0.05) is 12.6 Å². The first-order valence-corrected chi connectivity index (χ1v) is 6.25. The highest BCUT2D eigenvalue weighted by Gasteiger charge is 2.23. The molecule has 2 amide bonds. The van der Waals surface area contributed by atoms with E-state index in [1.807, 2.05) is 6.92 Å². The number of amides is 2. The Morgan fingerprint density at radius 1 is 1.38 bits per heavy atom. The minimum absolute atomic E-state index is 0.0414. The lowest BCUT2D eigenvalue weighted by atomic mass is 9.98. The van der Waals surface area contributed by atoms with E-state index < -0.39 is 0 Å². The van der Waals surface area contributed by atoms with Crippen LogP contribution in [-0.2, 0) is 0 Å². The summed E-state index contributed by atoms with van der Waals surface area (Å²) in [4.78, 5) is 11.6. The number of rotatable bonds is 4. The highest BCUT2D eigenvalue weighted by Crippen LogP contribution is 2.14. The number of carbonyl (C=O) groups is 1. The molecule has 0 aromatic rings. The fourth-order valence-corrected chi connectivity index (χ4v) is 1.79. The summed E-state index contributed by atoms with van der Waals surface area (Å²) in [6.45, 7) is 11.3. The second-order valence-corrected chi connectivity index (χ2v) is 5.28. The molecule has 4 heteroatoms. The van der Waals surface area contributed by atoms with Crippen molar-refractivity contribution >= 4 is 6.03 Å². The summed E-state index contributed by atoms with van der Waals surface area (Å²) in [7, 11) is 0. The second kappa shape index (κ2) is 6.09. The molecule has 3 N–H and O–H groups in total. The van der Waals surface area contributed by atoms with E-state index in [2.05, 4.69) is 36.7 Å². The van der Waals surface area contributed by atoms with Gasteiger partial charge in [-0.15, -0.1) is 0 Å². The third-order valence-corrected chi connectivity index (χ3v) is 3.56. The SMILES string of the molecule is CC(C)C(C)NC(=O)NC[C@@H]1CNC[C@H]1C. The van der Waals surface area contributed by atoms with Crippen molar-refractivity contribution in [2.75, 3.05) is 19.6 Å². The maximum atomic E-state index is 11.6. The fraction of sp³-hybridized carbons (Fsp3) is 0.917. The van der Waals surface area contributed by atoms with E-state index in [-0.39, 0.29) is 12.1 Å². The second-order valence-electron chi connectivity index (χ2n) is 5.28. The van der Waals surface area contributed by atoms with Gasteiger partial charge >= 0.3 is 6.03 Å². The van der Waals surface area contributed by atoms with Crippen LogP contribution in [0.1, 0.15) is 27.7 Å². The van der Waals surface area contributed by atoms with Crippen LogP contribution in [0.2, 0.25) is 0 Å². The summed E-state index contributed by atoms with van der Waals surface area (Å²) in [5, 5.41) is 9.23. The van der Waals surface area contributed by atoms with E-state index in [1.165, 1.54) is 0 Å². The summed E-state index contributed by atoms with van der Waals surface area (Å²) >= 11 is 0. The first kappa shape index (κ1) is 13.3. The van der Waals surface area contributed by atoms with Gasteiger partial charge in [0.25, 0.3) is 0 Å². The molecular formula is C12H25N3O. The van der Waals surface area contributed by atoms with Crippen molar-refractivity contribution in [2.45, 2.75) is 33.7 Å². The first-order chi connectivity index (χ1) is 7.50. The van der Waals surface area contributed by atoms with Crippen LogP contribution < -0.4 is 16.0 Å². The molecule has 1 aliphatic heterocycles. The normalized spacial score (nSPS) is 26.8.